The first-order valence-corrected chi connectivity index (χ1v) is 4.25. The average molecular weight is 177 g/mol. The molecule has 11 heavy (non-hydrogen) atoms. The molecule has 0 amide bonds. The Balaban J connectivity index is 3.95. The Morgan fingerprint density at radius 3 is 2.45 bits per heavy atom. The van der Waals surface area contributed by atoms with Crippen molar-refractivity contribution in [3.63, 3.8) is 0 Å². The van der Waals surface area contributed by atoms with E-state index < -0.39 is 19.8 Å². The number of hydrogen-bond donors (Lipinski definition) is 1. The van der Waals surface area contributed by atoms with Crippen molar-refractivity contribution in [3.05, 3.63) is 12.2 Å². The predicted molar refractivity (Wildman–Crippen MR) is 40.2 cm³/mol. The molecule has 2 unspecified atom stereocenters. The fourth-order valence-corrected chi connectivity index (χ4v) is 0.486. The van der Waals surface area contributed by atoms with Crippen molar-refractivity contribution in [2.45, 2.75) is 19.7 Å². The van der Waals surface area contributed by atoms with Crippen molar-refractivity contribution in [3.8, 4) is 0 Å². The smallest absolute Gasteiger partial charge is 0.410 e. The molecule has 4 nitrogen and oxygen atoms in total. The fraction of sp³-hybridized carbons (Fsp3) is 0.500. The number of carbonyl (C=O) groups excluding carboxylic acids is 1. The van der Waals surface area contributed by atoms with Crippen LogP contribution in [0.3, 0.4) is 0 Å². The molecule has 62 valence electrons. The molecular weight excluding hydrogens is 167 g/mol. The van der Waals surface area contributed by atoms with Gasteiger partial charge in [0, 0.05) is 12.5 Å². The van der Waals surface area contributed by atoms with Crippen LogP contribution in [0.4, 0.5) is 0 Å². The van der Waals surface area contributed by atoms with Gasteiger partial charge in [-0.3, -0.25) is 0 Å². The van der Waals surface area contributed by atoms with Gasteiger partial charge in [0.05, 0.1) is 0 Å². The lowest BCUT2D eigenvalue weighted by Crippen LogP contribution is -2.11. The van der Waals surface area contributed by atoms with Crippen LogP contribution in [0.2, 0.25) is 0 Å². The zero-order chi connectivity index (χ0) is 9.02. The lowest BCUT2D eigenvalue weighted by molar-refractivity contribution is -0.140. The van der Waals surface area contributed by atoms with Crippen molar-refractivity contribution in [1.82, 2.24) is 0 Å². The number of rotatable bonds is 3. The van der Waals surface area contributed by atoms with Gasteiger partial charge in [0.15, 0.2) is 0 Å². The quantitative estimate of drug-likeness (QED) is 0.399. The Kier molecular flexibility index (Phi) is 3.93. The second kappa shape index (κ2) is 4.21. The van der Waals surface area contributed by atoms with Crippen molar-refractivity contribution >= 4 is 14.0 Å². The molecule has 5 heteroatoms. The van der Waals surface area contributed by atoms with Gasteiger partial charge in [-0.2, -0.15) is 4.89 Å². The van der Waals surface area contributed by atoms with Gasteiger partial charge in [-0.15, -0.1) is 0 Å². The minimum Gasteiger partial charge on any atom is -0.410 e. The van der Waals surface area contributed by atoms with E-state index in [1.165, 1.54) is 13.8 Å². The van der Waals surface area contributed by atoms with E-state index in [1.807, 2.05) is 0 Å². The highest BCUT2D eigenvalue weighted by atomic mass is 31.1. The summed E-state index contributed by atoms with van der Waals surface area (Å²) in [6, 6.07) is 0. The van der Waals surface area contributed by atoms with Crippen LogP contribution in [-0.2, 0) is 14.1 Å². The Morgan fingerprint density at radius 1 is 1.73 bits per heavy atom. The van der Waals surface area contributed by atoms with E-state index in [4.69, 9.17) is 4.89 Å². The normalized spacial score (nSPS) is 13.5. The van der Waals surface area contributed by atoms with Crippen molar-refractivity contribution in [1.29, 1.82) is 0 Å². The van der Waals surface area contributed by atoms with E-state index in [1.54, 1.807) is 0 Å². The predicted octanol–water partition coefficient (Wildman–Crippen LogP) is 1.19. The van der Waals surface area contributed by atoms with Gasteiger partial charge < -0.3 is 4.74 Å². The SMILES string of the molecule is C=C(C)C(=O)OC(C)[P+](=O)O. The van der Waals surface area contributed by atoms with E-state index in [0.29, 0.717) is 0 Å². The maximum Gasteiger partial charge on any atom is 0.550 e. The van der Waals surface area contributed by atoms with Crippen molar-refractivity contribution in [2.75, 3.05) is 0 Å². The summed E-state index contributed by atoms with van der Waals surface area (Å²) in [5, 5.41) is 0. The van der Waals surface area contributed by atoms with Crippen LogP contribution in [0.15, 0.2) is 12.2 Å². The molecule has 0 radical (unpaired) electrons. The molecule has 1 N–H and O–H groups in total. The minimum atomic E-state index is -2.45. The lowest BCUT2D eigenvalue weighted by atomic mass is 10.4. The maximum atomic E-state index is 10.7. The summed E-state index contributed by atoms with van der Waals surface area (Å²) in [5.41, 5.74) is 0.216. The van der Waals surface area contributed by atoms with Crippen LogP contribution in [-0.4, -0.2) is 16.7 Å². The van der Waals surface area contributed by atoms with Crippen LogP contribution in [0.25, 0.3) is 0 Å². The summed E-state index contributed by atoms with van der Waals surface area (Å²) in [5.74, 6) is -1.61. The number of hydrogen-bond acceptors (Lipinski definition) is 3. The third-order valence-corrected chi connectivity index (χ3v) is 1.66. The summed E-state index contributed by atoms with van der Waals surface area (Å²) in [7, 11) is -2.45. The molecule has 0 aromatic heterocycles. The van der Waals surface area contributed by atoms with Crippen LogP contribution < -0.4 is 0 Å². The second-order valence-electron chi connectivity index (χ2n) is 2.09. The summed E-state index contributed by atoms with van der Waals surface area (Å²) >= 11 is 0. The largest absolute Gasteiger partial charge is 0.550 e. The molecule has 2 atom stereocenters. The molecule has 0 rings (SSSR count). The zero-order valence-corrected chi connectivity index (χ0v) is 7.30. The maximum absolute atomic E-state index is 10.7. The monoisotopic (exact) mass is 177 g/mol. The first-order valence-electron chi connectivity index (χ1n) is 2.97. The molecule has 0 spiro atoms. The third-order valence-electron chi connectivity index (χ3n) is 0.937. The van der Waals surface area contributed by atoms with Gasteiger partial charge in [-0.05, 0) is 11.5 Å². The molecule has 0 aromatic carbocycles. The summed E-state index contributed by atoms with van der Waals surface area (Å²) in [4.78, 5) is 19.2. The molecule has 0 saturated carbocycles. The second-order valence-corrected chi connectivity index (χ2v) is 3.42. The number of carbonyl (C=O) groups is 1. The van der Waals surface area contributed by atoms with Gasteiger partial charge in [0.2, 0.25) is 0 Å². The van der Waals surface area contributed by atoms with E-state index in [2.05, 4.69) is 11.3 Å². The summed E-state index contributed by atoms with van der Waals surface area (Å²) < 4.78 is 14.8. The third kappa shape index (κ3) is 3.86. The van der Waals surface area contributed by atoms with E-state index in [9.17, 15) is 9.36 Å². The van der Waals surface area contributed by atoms with Gasteiger partial charge in [-0.1, -0.05) is 6.58 Å². The van der Waals surface area contributed by atoms with Crippen LogP contribution in [0.5, 0.6) is 0 Å². The summed E-state index contributed by atoms with van der Waals surface area (Å²) in [6.07, 6.45) is 0. The first-order chi connectivity index (χ1) is 4.95. The number of ether oxygens (including phenoxy) is 1. The average Bonchev–Trinajstić information content (AvgIpc) is 1.87. The van der Waals surface area contributed by atoms with E-state index in [0.717, 1.165) is 0 Å². The van der Waals surface area contributed by atoms with Gasteiger partial charge in [0.1, 0.15) is 0 Å². The minimum absolute atomic E-state index is 0.216. The fourth-order valence-electron chi connectivity index (χ4n) is 0.301. The Hall–Kier alpha value is -0.730. The molecule has 0 fully saturated rings. The van der Waals surface area contributed by atoms with Gasteiger partial charge in [0.25, 0.3) is 0 Å². The highest BCUT2D eigenvalue weighted by Gasteiger charge is 2.27. The van der Waals surface area contributed by atoms with E-state index >= 15 is 0 Å². The highest BCUT2D eigenvalue weighted by Crippen LogP contribution is 2.23. The molecule has 0 saturated heterocycles. The van der Waals surface area contributed by atoms with E-state index in [-0.39, 0.29) is 5.57 Å². The standard InChI is InChI=1S/C6H9O4P/c1-4(2)6(7)10-5(3)11(8)9/h5H,1H2,2-3H3/p+1. The molecule has 0 aliphatic carbocycles. The molecule has 0 aliphatic heterocycles. The molecular formula is C6H10O4P+. The molecule has 0 aliphatic rings. The van der Waals surface area contributed by atoms with Crippen molar-refractivity contribution in [2.24, 2.45) is 0 Å². The Morgan fingerprint density at radius 2 is 2.18 bits per heavy atom. The first kappa shape index (κ1) is 10.3. The molecule has 0 aromatic rings. The summed E-state index contributed by atoms with van der Waals surface area (Å²) in [6.45, 7) is 6.13. The van der Waals surface area contributed by atoms with Crippen LogP contribution in [0.1, 0.15) is 13.8 Å². The molecule has 0 bridgehead atoms. The molecule has 0 heterocycles. The van der Waals surface area contributed by atoms with Crippen molar-refractivity contribution < 1.29 is 19.0 Å². The Bertz CT molecular complexity index is 199. The van der Waals surface area contributed by atoms with Crippen LogP contribution >= 0.6 is 8.03 Å². The lowest BCUT2D eigenvalue weighted by Gasteiger charge is -2.00. The Labute approximate surface area is 65.7 Å². The highest BCUT2D eigenvalue weighted by molar-refractivity contribution is 7.38. The number of esters is 1. The van der Waals surface area contributed by atoms with Gasteiger partial charge in [-0.25, -0.2) is 4.79 Å². The van der Waals surface area contributed by atoms with Crippen LogP contribution in [0, 0.1) is 0 Å². The zero-order valence-electron chi connectivity index (χ0n) is 6.40. The van der Waals surface area contributed by atoms with Gasteiger partial charge >= 0.3 is 19.8 Å². The topological polar surface area (TPSA) is 63.6 Å².